The zero-order valence-corrected chi connectivity index (χ0v) is 10.4. The van der Waals surface area contributed by atoms with Crippen LogP contribution in [-0.2, 0) is 14.6 Å². The maximum atomic E-state index is 11.4. The van der Waals surface area contributed by atoms with Gasteiger partial charge in [-0.2, -0.15) is 0 Å². The van der Waals surface area contributed by atoms with Crippen molar-refractivity contribution in [2.24, 2.45) is 0 Å². The molecular weight excluding hydrogens is 218 g/mol. The number of methoxy groups -OCH3 is 1. The number of nitrogens with one attached hydrogen (secondary N) is 1. The van der Waals surface area contributed by atoms with Crippen molar-refractivity contribution in [3.05, 3.63) is 0 Å². The van der Waals surface area contributed by atoms with Crippen molar-refractivity contribution in [2.45, 2.75) is 25.1 Å². The molecule has 0 radical (unpaired) electrons. The van der Waals surface area contributed by atoms with Gasteiger partial charge in [0.05, 0.1) is 30.3 Å². The van der Waals surface area contributed by atoms with Gasteiger partial charge in [-0.05, 0) is 13.8 Å². The summed E-state index contributed by atoms with van der Waals surface area (Å²) in [6.07, 6.45) is 0. The number of hydrogen-bond acceptors (Lipinski definition) is 5. The summed E-state index contributed by atoms with van der Waals surface area (Å²) in [5, 5.41) is 11.5. The molecule has 0 aromatic rings. The van der Waals surface area contributed by atoms with Crippen LogP contribution in [0, 0.1) is 0 Å². The predicted molar refractivity (Wildman–Crippen MR) is 59.7 cm³/mol. The molecule has 0 aliphatic heterocycles. The number of aliphatic hydroxyl groups excluding tert-OH is 1. The van der Waals surface area contributed by atoms with E-state index in [0.717, 1.165) is 0 Å². The van der Waals surface area contributed by atoms with Crippen LogP contribution in [-0.4, -0.2) is 57.4 Å². The average molecular weight is 239 g/mol. The monoisotopic (exact) mass is 239 g/mol. The highest BCUT2D eigenvalue weighted by atomic mass is 32.2. The summed E-state index contributed by atoms with van der Waals surface area (Å²) in [5.74, 6) is 0.0882. The molecule has 92 valence electrons. The zero-order valence-electron chi connectivity index (χ0n) is 9.56. The van der Waals surface area contributed by atoms with E-state index < -0.39 is 9.84 Å². The standard InChI is InChI=1S/C9H21NO4S/c1-8(2)15(12,13)5-4-10-9(6-11)7-14-3/h8-11H,4-7H2,1-3H3. The van der Waals surface area contributed by atoms with Crippen molar-refractivity contribution in [1.29, 1.82) is 0 Å². The van der Waals surface area contributed by atoms with Crippen molar-refractivity contribution in [1.82, 2.24) is 5.32 Å². The van der Waals surface area contributed by atoms with Crippen molar-refractivity contribution in [3.8, 4) is 0 Å². The normalized spacial score (nSPS) is 14.5. The molecule has 5 nitrogen and oxygen atoms in total. The van der Waals surface area contributed by atoms with Gasteiger partial charge in [0.25, 0.3) is 0 Å². The summed E-state index contributed by atoms with van der Waals surface area (Å²) in [4.78, 5) is 0. The van der Waals surface area contributed by atoms with E-state index in [9.17, 15) is 8.42 Å². The van der Waals surface area contributed by atoms with Crippen molar-refractivity contribution >= 4 is 9.84 Å². The third-order valence-corrected chi connectivity index (χ3v) is 4.34. The van der Waals surface area contributed by atoms with E-state index in [1.54, 1.807) is 13.8 Å². The second-order valence-electron chi connectivity index (χ2n) is 3.70. The molecule has 0 rings (SSSR count). The minimum atomic E-state index is -3.00. The Kier molecular flexibility index (Phi) is 7.08. The van der Waals surface area contributed by atoms with Crippen LogP contribution in [0.15, 0.2) is 0 Å². The average Bonchev–Trinajstić information content (AvgIpc) is 2.16. The lowest BCUT2D eigenvalue weighted by Crippen LogP contribution is -2.39. The molecule has 0 aromatic heterocycles. The van der Waals surface area contributed by atoms with Gasteiger partial charge in [0.15, 0.2) is 9.84 Å². The molecule has 0 saturated heterocycles. The number of rotatable bonds is 8. The Bertz CT molecular complexity index is 251. The molecule has 0 aliphatic rings. The van der Waals surface area contributed by atoms with Gasteiger partial charge in [-0.15, -0.1) is 0 Å². The molecule has 0 aromatic carbocycles. The van der Waals surface area contributed by atoms with Crippen LogP contribution in [0.25, 0.3) is 0 Å². The quantitative estimate of drug-likeness (QED) is 0.592. The van der Waals surface area contributed by atoms with Crippen LogP contribution in [0.3, 0.4) is 0 Å². The smallest absolute Gasteiger partial charge is 0.153 e. The van der Waals surface area contributed by atoms with Gasteiger partial charge < -0.3 is 15.2 Å². The second-order valence-corrected chi connectivity index (χ2v) is 6.38. The van der Waals surface area contributed by atoms with Crippen molar-refractivity contribution < 1.29 is 18.3 Å². The summed E-state index contributed by atoms with van der Waals surface area (Å²) in [7, 11) is -1.47. The second kappa shape index (κ2) is 7.16. The van der Waals surface area contributed by atoms with Crippen LogP contribution in [0.5, 0.6) is 0 Å². The maximum absolute atomic E-state index is 11.4. The Balaban J connectivity index is 3.87. The molecule has 0 aliphatic carbocycles. The van der Waals surface area contributed by atoms with Crippen LogP contribution in [0.4, 0.5) is 0 Å². The van der Waals surface area contributed by atoms with E-state index in [4.69, 9.17) is 9.84 Å². The first-order valence-electron chi connectivity index (χ1n) is 4.98. The highest BCUT2D eigenvalue weighted by molar-refractivity contribution is 7.92. The lowest BCUT2D eigenvalue weighted by molar-refractivity contribution is 0.130. The molecule has 15 heavy (non-hydrogen) atoms. The van der Waals surface area contributed by atoms with E-state index in [1.807, 2.05) is 0 Å². The minimum absolute atomic E-state index is 0.0600. The van der Waals surface area contributed by atoms with E-state index in [-0.39, 0.29) is 23.7 Å². The van der Waals surface area contributed by atoms with Crippen LogP contribution in [0.2, 0.25) is 0 Å². The Morgan fingerprint density at radius 2 is 2.00 bits per heavy atom. The first kappa shape index (κ1) is 14.8. The lowest BCUT2D eigenvalue weighted by atomic mass is 10.3. The molecular formula is C9H21NO4S. The van der Waals surface area contributed by atoms with Crippen LogP contribution >= 0.6 is 0 Å². The molecule has 0 saturated carbocycles. The fourth-order valence-electron chi connectivity index (χ4n) is 1.02. The number of hydrogen-bond donors (Lipinski definition) is 2. The van der Waals surface area contributed by atoms with Crippen LogP contribution in [0.1, 0.15) is 13.8 Å². The molecule has 2 N–H and O–H groups in total. The Morgan fingerprint density at radius 3 is 2.40 bits per heavy atom. The summed E-state index contributed by atoms with van der Waals surface area (Å²) in [6, 6.07) is -0.197. The number of ether oxygens (including phenoxy) is 1. The highest BCUT2D eigenvalue weighted by Gasteiger charge is 2.16. The Morgan fingerprint density at radius 1 is 1.40 bits per heavy atom. The van der Waals surface area contributed by atoms with E-state index in [2.05, 4.69) is 5.32 Å². The van der Waals surface area contributed by atoms with Gasteiger partial charge in [-0.25, -0.2) is 8.42 Å². The van der Waals surface area contributed by atoms with Gasteiger partial charge in [-0.3, -0.25) is 0 Å². The third kappa shape index (κ3) is 6.09. The topological polar surface area (TPSA) is 75.6 Å². The highest BCUT2D eigenvalue weighted by Crippen LogP contribution is 1.99. The van der Waals surface area contributed by atoms with E-state index in [1.165, 1.54) is 7.11 Å². The Labute approximate surface area is 91.7 Å². The van der Waals surface area contributed by atoms with Crippen LogP contribution < -0.4 is 5.32 Å². The molecule has 6 heteroatoms. The molecule has 1 atom stereocenters. The molecule has 0 spiro atoms. The van der Waals surface area contributed by atoms with E-state index in [0.29, 0.717) is 13.2 Å². The first-order valence-corrected chi connectivity index (χ1v) is 6.70. The summed E-state index contributed by atoms with van der Waals surface area (Å²) >= 11 is 0. The fourth-order valence-corrected chi connectivity index (χ4v) is 1.89. The summed E-state index contributed by atoms with van der Waals surface area (Å²) in [5.41, 5.74) is 0. The van der Waals surface area contributed by atoms with Gasteiger partial charge in [0, 0.05) is 13.7 Å². The minimum Gasteiger partial charge on any atom is -0.395 e. The number of sulfone groups is 1. The molecule has 1 unspecified atom stereocenters. The molecule has 0 amide bonds. The third-order valence-electron chi connectivity index (χ3n) is 2.13. The molecule has 0 heterocycles. The van der Waals surface area contributed by atoms with Gasteiger partial charge in [0.2, 0.25) is 0 Å². The number of aliphatic hydroxyl groups is 1. The van der Waals surface area contributed by atoms with E-state index >= 15 is 0 Å². The predicted octanol–water partition coefficient (Wildman–Crippen LogP) is -0.593. The fraction of sp³-hybridized carbons (Fsp3) is 1.00. The molecule has 0 bridgehead atoms. The van der Waals surface area contributed by atoms with Crippen molar-refractivity contribution in [2.75, 3.05) is 32.6 Å². The largest absolute Gasteiger partial charge is 0.395 e. The summed E-state index contributed by atoms with van der Waals surface area (Å²) in [6.45, 7) is 3.98. The maximum Gasteiger partial charge on any atom is 0.153 e. The van der Waals surface area contributed by atoms with Gasteiger partial charge >= 0.3 is 0 Å². The lowest BCUT2D eigenvalue weighted by Gasteiger charge is -2.15. The van der Waals surface area contributed by atoms with Gasteiger partial charge in [-0.1, -0.05) is 0 Å². The molecule has 0 fully saturated rings. The Hall–Kier alpha value is -0.170. The SMILES string of the molecule is COCC(CO)NCCS(=O)(=O)C(C)C. The summed E-state index contributed by atoms with van der Waals surface area (Å²) < 4.78 is 27.7. The zero-order chi connectivity index (χ0) is 11.9. The van der Waals surface area contributed by atoms with Crippen molar-refractivity contribution in [3.63, 3.8) is 0 Å². The van der Waals surface area contributed by atoms with Gasteiger partial charge in [0.1, 0.15) is 0 Å². The first-order chi connectivity index (χ1) is 6.94.